The third kappa shape index (κ3) is 3.96. The quantitative estimate of drug-likeness (QED) is 0.834. The molecule has 114 valence electrons. The molecule has 0 aliphatic heterocycles. The van der Waals surface area contributed by atoms with Crippen molar-refractivity contribution in [3.8, 4) is 0 Å². The Labute approximate surface area is 125 Å². The fourth-order valence-corrected chi connectivity index (χ4v) is 3.32. The average molecular weight is 299 g/mol. The van der Waals surface area contributed by atoms with Crippen molar-refractivity contribution >= 4 is 11.8 Å². The smallest absolute Gasteiger partial charge is 0.243 e. The summed E-state index contributed by atoms with van der Waals surface area (Å²) in [6.45, 7) is 0. The van der Waals surface area contributed by atoms with E-state index < -0.39 is 0 Å². The second kappa shape index (κ2) is 8.00. The maximum atomic E-state index is 6.06. The van der Waals surface area contributed by atoms with Crippen LogP contribution in [0.4, 0.5) is 0 Å². The van der Waals surface area contributed by atoms with E-state index in [2.05, 4.69) is 16.4 Å². The molecule has 2 atom stereocenters. The van der Waals surface area contributed by atoms with Gasteiger partial charge in [0.25, 0.3) is 0 Å². The molecule has 1 aliphatic rings. The van der Waals surface area contributed by atoms with Crippen molar-refractivity contribution in [2.75, 3.05) is 19.1 Å². The van der Waals surface area contributed by atoms with Gasteiger partial charge in [0.05, 0.1) is 6.04 Å². The van der Waals surface area contributed by atoms with E-state index in [9.17, 15) is 0 Å². The first kappa shape index (κ1) is 15.8. The third-order valence-corrected chi connectivity index (χ3v) is 4.64. The van der Waals surface area contributed by atoms with Crippen molar-refractivity contribution in [3.05, 3.63) is 11.7 Å². The van der Waals surface area contributed by atoms with E-state index in [4.69, 9.17) is 15.0 Å². The topological polar surface area (TPSA) is 74.2 Å². The average Bonchev–Trinajstić information content (AvgIpc) is 2.96. The van der Waals surface area contributed by atoms with Gasteiger partial charge in [0, 0.05) is 7.11 Å². The number of thioether (sulfide) groups is 1. The Morgan fingerprint density at radius 2 is 2.15 bits per heavy atom. The van der Waals surface area contributed by atoms with Crippen molar-refractivity contribution in [2.45, 2.75) is 50.7 Å². The molecule has 1 aromatic heterocycles. The lowest BCUT2D eigenvalue weighted by Crippen LogP contribution is -2.19. The second-order valence-electron chi connectivity index (χ2n) is 5.43. The lowest BCUT2D eigenvalue weighted by atomic mass is 9.85. The van der Waals surface area contributed by atoms with Crippen molar-refractivity contribution in [3.63, 3.8) is 0 Å². The second-order valence-corrected chi connectivity index (χ2v) is 6.42. The van der Waals surface area contributed by atoms with Crippen LogP contribution in [0.2, 0.25) is 0 Å². The van der Waals surface area contributed by atoms with Crippen molar-refractivity contribution in [2.24, 2.45) is 11.7 Å². The molecule has 0 spiro atoms. The van der Waals surface area contributed by atoms with Crippen LogP contribution in [0.15, 0.2) is 4.52 Å². The fourth-order valence-electron chi connectivity index (χ4n) is 2.83. The van der Waals surface area contributed by atoms with Gasteiger partial charge < -0.3 is 15.0 Å². The molecule has 5 nitrogen and oxygen atoms in total. The van der Waals surface area contributed by atoms with Gasteiger partial charge in [0.15, 0.2) is 0 Å². The minimum absolute atomic E-state index is 0.0550. The number of hydrogen-bond donors (Lipinski definition) is 1. The van der Waals surface area contributed by atoms with Gasteiger partial charge in [-0.25, -0.2) is 0 Å². The molecule has 2 rings (SSSR count). The molecule has 0 amide bonds. The van der Waals surface area contributed by atoms with Crippen LogP contribution in [-0.2, 0) is 4.74 Å². The Hall–Kier alpha value is -0.590. The highest BCUT2D eigenvalue weighted by Crippen LogP contribution is 2.35. The summed E-state index contributed by atoms with van der Waals surface area (Å²) in [5.74, 6) is 2.69. The lowest BCUT2D eigenvalue weighted by Gasteiger charge is -2.26. The van der Waals surface area contributed by atoms with Gasteiger partial charge in [-0.3, -0.25) is 0 Å². The lowest BCUT2D eigenvalue weighted by molar-refractivity contribution is 0.0273. The Morgan fingerprint density at radius 3 is 2.80 bits per heavy atom. The van der Waals surface area contributed by atoms with E-state index in [1.54, 1.807) is 18.9 Å². The van der Waals surface area contributed by atoms with E-state index in [1.165, 1.54) is 32.1 Å². The number of methoxy groups -OCH3 is 1. The SMILES string of the molecule is COC(c1noc([C@@H](N)CCSC)n1)C1CCCCC1. The van der Waals surface area contributed by atoms with E-state index in [-0.39, 0.29) is 12.1 Å². The normalized spacial score (nSPS) is 19.9. The van der Waals surface area contributed by atoms with Crippen LogP contribution in [0, 0.1) is 5.92 Å². The Balaban J connectivity index is 2.01. The number of ether oxygens (including phenoxy) is 1. The minimum Gasteiger partial charge on any atom is -0.373 e. The molecule has 0 saturated heterocycles. The van der Waals surface area contributed by atoms with Crippen LogP contribution in [0.1, 0.15) is 62.4 Å². The van der Waals surface area contributed by atoms with E-state index in [0.29, 0.717) is 17.6 Å². The predicted molar refractivity (Wildman–Crippen MR) is 80.6 cm³/mol. The number of nitrogens with two attached hydrogens (primary N) is 1. The van der Waals surface area contributed by atoms with Crippen LogP contribution in [0.25, 0.3) is 0 Å². The molecule has 6 heteroatoms. The minimum atomic E-state index is -0.174. The summed E-state index contributed by atoms with van der Waals surface area (Å²) in [5, 5.41) is 4.09. The van der Waals surface area contributed by atoms with E-state index >= 15 is 0 Å². The van der Waals surface area contributed by atoms with Crippen LogP contribution in [0.3, 0.4) is 0 Å². The molecular formula is C14H25N3O2S. The molecule has 1 aliphatic carbocycles. The van der Waals surface area contributed by atoms with Gasteiger partial charge in [0.2, 0.25) is 11.7 Å². The van der Waals surface area contributed by atoms with Gasteiger partial charge in [0.1, 0.15) is 6.10 Å². The summed E-state index contributed by atoms with van der Waals surface area (Å²) < 4.78 is 10.9. The summed E-state index contributed by atoms with van der Waals surface area (Å²) in [7, 11) is 1.73. The molecular weight excluding hydrogens is 274 g/mol. The van der Waals surface area contributed by atoms with E-state index in [1.807, 2.05) is 0 Å². The summed E-state index contributed by atoms with van der Waals surface area (Å²) >= 11 is 1.77. The van der Waals surface area contributed by atoms with Crippen LogP contribution in [0.5, 0.6) is 0 Å². The monoisotopic (exact) mass is 299 g/mol. The fraction of sp³-hybridized carbons (Fsp3) is 0.857. The highest BCUT2D eigenvalue weighted by molar-refractivity contribution is 7.98. The summed E-state index contributed by atoms with van der Waals surface area (Å²) in [6.07, 6.45) is 9.08. The molecule has 0 bridgehead atoms. The molecule has 20 heavy (non-hydrogen) atoms. The molecule has 1 aromatic rings. The molecule has 1 fully saturated rings. The third-order valence-electron chi connectivity index (χ3n) is 3.99. The predicted octanol–water partition coefficient (Wildman–Crippen LogP) is 3.09. The first-order valence-corrected chi connectivity index (χ1v) is 8.76. The number of hydrogen-bond acceptors (Lipinski definition) is 6. The Bertz CT molecular complexity index is 394. The highest BCUT2D eigenvalue weighted by atomic mass is 32.2. The molecule has 1 unspecified atom stereocenters. The molecule has 1 saturated carbocycles. The summed E-state index contributed by atoms with van der Waals surface area (Å²) in [5.41, 5.74) is 6.06. The van der Waals surface area contributed by atoms with Crippen molar-refractivity contribution < 1.29 is 9.26 Å². The van der Waals surface area contributed by atoms with Crippen LogP contribution < -0.4 is 5.73 Å². The Morgan fingerprint density at radius 1 is 1.40 bits per heavy atom. The number of aromatic nitrogens is 2. The number of rotatable bonds is 7. The van der Waals surface area contributed by atoms with Crippen LogP contribution >= 0.6 is 11.8 Å². The maximum Gasteiger partial charge on any atom is 0.243 e. The van der Waals surface area contributed by atoms with Gasteiger partial charge in [-0.1, -0.05) is 24.4 Å². The van der Waals surface area contributed by atoms with Gasteiger partial charge in [-0.05, 0) is 37.2 Å². The van der Waals surface area contributed by atoms with Gasteiger partial charge >= 0.3 is 0 Å². The molecule has 0 aromatic carbocycles. The van der Waals surface area contributed by atoms with Crippen molar-refractivity contribution in [1.82, 2.24) is 10.1 Å². The maximum absolute atomic E-state index is 6.06. The molecule has 0 radical (unpaired) electrons. The first-order valence-electron chi connectivity index (χ1n) is 7.37. The van der Waals surface area contributed by atoms with Crippen LogP contribution in [-0.4, -0.2) is 29.3 Å². The summed E-state index contributed by atoms with van der Waals surface area (Å²) in [6, 6.07) is -0.174. The largest absolute Gasteiger partial charge is 0.373 e. The zero-order chi connectivity index (χ0) is 14.4. The molecule has 2 N–H and O–H groups in total. The summed E-state index contributed by atoms with van der Waals surface area (Å²) in [4.78, 5) is 4.47. The zero-order valence-corrected chi connectivity index (χ0v) is 13.2. The number of nitrogens with zero attached hydrogens (tertiary/aromatic N) is 2. The first-order chi connectivity index (χ1) is 9.76. The van der Waals surface area contributed by atoms with Gasteiger partial charge in [-0.2, -0.15) is 16.7 Å². The zero-order valence-electron chi connectivity index (χ0n) is 12.4. The highest BCUT2D eigenvalue weighted by Gasteiger charge is 2.29. The molecule has 1 heterocycles. The standard InChI is InChI=1S/C14H25N3O2S/c1-18-12(10-6-4-3-5-7-10)13-16-14(19-17-13)11(15)8-9-20-2/h10-12H,3-9,15H2,1-2H3/t11-,12?/m0/s1. The Kier molecular flexibility index (Phi) is 6.32. The van der Waals surface area contributed by atoms with Gasteiger partial charge in [-0.15, -0.1) is 0 Å². The van der Waals surface area contributed by atoms with E-state index in [0.717, 1.165) is 12.2 Å². The van der Waals surface area contributed by atoms with Crippen molar-refractivity contribution in [1.29, 1.82) is 0 Å².